The van der Waals surface area contributed by atoms with E-state index in [1.807, 2.05) is 24.5 Å². The van der Waals surface area contributed by atoms with Crippen LogP contribution in [0.4, 0.5) is 0 Å². The molecule has 1 amide bonds. The normalized spacial score (nSPS) is 18.1. The van der Waals surface area contributed by atoms with E-state index in [9.17, 15) is 4.79 Å². The third kappa shape index (κ3) is 3.70. The van der Waals surface area contributed by atoms with Gasteiger partial charge in [-0.15, -0.1) is 0 Å². The molecule has 1 saturated carbocycles. The first kappa shape index (κ1) is 20.4. The summed E-state index contributed by atoms with van der Waals surface area (Å²) in [4.78, 5) is 27.6. The molecular weight excluding hydrogens is 434 g/mol. The Kier molecular flexibility index (Phi) is 4.72. The van der Waals surface area contributed by atoms with Crippen molar-refractivity contribution in [1.82, 2.24) is 24.4 Å². The smallest absolute Gasteiger partial charge is 0.225 e. The third-order valence-electron chi connectivity index (χ3n) is 7.50. The molecule has 2 aromatic carbocycles. The second kappa shape index (κ2) is 8.08. The van der Waals surface area contributed by atoms with Crippen LogP contribution in [0.3, 0.4) is 0 Å². The number of imidazole rings is 1. The number of fused-ring (bicyclic) bond motifs is 2. The number of H-pyrrole nitrogens is 1. The van der Waals surface area contributed by atoms with Crippen molar-refractivity contribution in [2.75, 3.05) is 13.1 Å². The number of amides is 1. The summed E-state index contributed by atoms with van der Waals surface area (Å²) in [7, 11) is 0. The standard InChI is InChI=1S/C29H27N5O/c35-29(23-8-9-23)33-15-12-19(17-33)18-34-27(32-25-2-1-13-31-28(25)34)22-6-3-20(4-7-22)24-10-5-21-11-14-30-26(21)16-24/h1-7,10-11,13-14,16,19,23,30H,8-9,12,15,17-18H2. The largest absolute Gasteiger partial charge is 0.361 e. The zero-order valence-corrected chi connectivity index (χ0v) is 19.5. The number of likely N-dealkylation sites (tertiary alicyclic amines) is 1. The Labute approximate surface area is 203 Å². The topological polar surface area (TPSA) is 66.8 Å². The summed E-state index contributed by atoms with van der Waals surface area (Å²) in [5.74, 6) is 2.01. The molecule has 3 aromatic heterocycles. The van der Waals surface area contributed by atoms with Crippen LogP contribution in [0.15, 0.2) is 73.1 Å². The quantitative estimate of drug-likeness (QED) is 0.376. The third-order valence-corrected chi connectivity index (χ3v) is 7.50. The lowest BCUT2D eigenvalue weighted by molar-refractivity contribution is -0.131. The second-order valence-corrected chi connectivity index (χ2v) is 9.96. The van der Waals surface area contributed by atoms with E-state index in [1.54, 1.807) is 0 Å². The van der Waals surface area contributed by atoms with Crippen LogP contribution >= 0.6 is 0 Å². The molecule has 2 aliphatic rings. The van der Waals surface area contributed by atoms with Gasteiger partial charge in [-0.25, -0.2) is 9.97 Å². The molecule has 1 aliphatic carbocycles. The number of nitrogens with one attached hydrogen (secondary N) is 1. The van der Waals surface area contributed by atoms with E-state index in [2.05, 4.69) is 68.0 Å². The minimum atomic E-state index is 0.288. The van der Waals surface area contributed by atoms with Gasteiger partial charge in [0.1, 0.15) is 11.3 Å². The molecule has 0 radical (unpaired) electrons. The lowest BCUT2D eigenvalue weighted by Crippen LogP contribution is -2.30. The van der Waals surface area contributed by atoms with Crippen LogP contribution in [-0.2, 0) is 11.3 Å². The van der Waals surface area contributed by atoms with Crippen molar-refractivity contribution < 1.29 is 4.79 Å². The number of pyridine rings is 1. The molecule has 1 saturated heterocycles. The highest BCUT2D eigenvalue weighted by Crippen LogP contribution is 2.34. The lowest BCUT2D eigenvalue weighted by atomic mass is 10.0. The molecule has 1 unspecified atom stereocenters. The zero-order chi connectivity index (χ0) is 23.4. The first-order valence-electron chi connectivity index (χ1n) is 12.5. The Morgan fingerprint density at radius 2 is 1.80 bits per heavy atom. The van der Waals surface area contributed by atoms with E-state index >= 15 is 0 Å². The van der Waals surface area contributed by atoms with Crippen molar-refractivity contribution >= 4 is 28.0 Å². The van der Waals surface area contributed by atoms with Crippen molar-refractivity contribution in [2.24, 2.45) is 11.8 Å². The highest BCUT2D eigenvalue weighted by molar-refractivity contribution is 5.85. The fourth-order valence-corrected chi connectivity index (χ4v) is 5.42. The van der Waals surface area contributed by atoms with Gasteiger partial charge in [-0.05, 0) is 66.0 Å². The van der Waals surface area contributed by atoms with Gasteiger partial charge in [-0.1, -0.05) is 36.4 Å². The first-order chi connectivity index (χ1) is 17.2. The van der Waals surface area contributed by atoms with Gasteiger partial charge in [-0.3, -0.25) is 4.79 Å². The maximum atomic E-state index is 12.6. The Hall–Kier alpha value is -3.93. The zero-order valence-electron chi connectivity index (χ0n) is 19.5. The Bertz CT molecular complexity index is 1540. The van der Waals surface area contributed by atoms with Crippen molar-refractivity contribution in [3.8, 4) is 22.5 Å². The summed E-state index contributed by atoms with van der Waals surface area (Å²) in [6.45, 7) is 2.53. The maximum Gasteiger partial charge on any atom is 0.225 e. The molecule has 6 nitrogen and oxygen atoms in total. The number of aromatic nitrogens is 4. The van der Waals surface area contributed by atoms with Crippen LogP contribution < -0.4 is 0 Å². The van der Waals surface area contributed by atoms with Crippen LogP contribution in [0.25, 0.3) is 44.6 Å². The first-order valence-corrected chi connectivity index (χ1v) is 12.5. The van der Waals surface area contributed by atoms with Gasteiger partial charge in [0.15, 0.2) is 5.65 Å². The van der Waals surface area contributed by atoms with Crippen molar-refractivity contribution in [3.05, 3.63) is 73.1 Å². The number of carbonyl (C=O) groups excluding carboxylic acids is 1. The van der Waals surface area contributed by atoms with Crippen LogP contribution in [0.2, 0.25) is 0 Å². The Morgan fingerprint density at radius 3 is 2.66 bits per heavy atom. The molecule has 6 heteroatoms. The number of nitrogens with zero attached hydrogens (tertiary/aromatic N) is 4. The second-order valence-electron chi connectivity index (χ2n) is 9.96. The average Bonchev–Trinajstić information content (AvgIpc) is 3.30. The molecule has 5 aromatic rings. The number of carbonyl (C=O) groups is 1. The van der Waals surface area contributed by atoms with Gasteiger partial charge in [0, 0.05) is 49.0 Å². The predicted molar refractivity (Wildman–Crippen MR) is 138 cm³/mol. The van der Waals surface area contributed by atoms with Gasteiger partial charge in [0.2, 0.25) is 5.91 Å². The van der Waals surface area contributed by atoms with Crippen LogP contribution in [0, 0.1) is 11.8 Å². The predicted octanol–water partition coefficient (Wildman–Crippen LogP) is 5.51. The maximum absolute atomic E-state index is 12.6. The van der Waals surface area contributed by atoms with Gasteiger partial charge < -0.3 is 14.5 Å². The molecule has 7 rings (SSSR count). The average molecular weight is 462 g/mol. The highest BCUT2D eigenvalue weighted by Gasteiger charge is 2.36. The van der Waals surface area contributed by atoms with E-state index in [-0.39, 0.29) is 5.92 Å². The van der Waals surface area contributed by atoms with E-state index in [0.29, 0.717) is 11.8 Å². The molecule has 2 fully saturated rings. The summed E-state index contributed by atoms with van der Waals surface area (Å²) in [6.07, 6.45) is 6.97. The van der Waals surface area contributed by atoms with E-state index < -0.39 is 0 Å². The Balaban J connectivity index is 1.19. The number of rotatable bonds is 5. The number of benzene rings is 2. The van der Waals surface area contributed by atoms with Crippen molar-refractivity contribution in [1.29, 1.82) is 0 Å². The number of hydrogen-bond acceptors (Lipinski definition) is 3. The molecule has 0 bridgehead atoms. The fraction of sp³-hybridized carbons (Fsp3) is 0.276. The van der Waals surface area contributed by atoms with Gasteiger partial charge in [0.05, 0.1) is 0 Å². The van der Waals surface area contributed by atoms with Gasteiger partial charge in [0.25, 0.3) is 0 Å². The van der Waals surface area contributed by atoms with E-state index in [1.165, 1.54) is 16.5 Å². The molecule has 1 atom stereocenters. The van der Waals surface area contributed by atoms with E-state index in [4.69, 9.17) is 4.98 Å². The summed E-state index contributed by atoms with van der Waals surface area (Å²) in [6, 6.07) is 21.2. The fourth-order valence-electron chi connectivity index (χ4n) is 5.42. The molecule has 4 heterocycles. The molecular formula is C29H27N5O. The van der Waals surface area contributed by atoms with Crippen molar-refractivity contribution in [3.63, 3.8) is 0 Å². The molecule has 1 aliphatic heterocycles. The SMILES string of the molecule is O=C(C1CC1)N1CCC(Cn2c(-c3ccc(-c4ccc5cc[nH]c5c4)cc3)nc3cccnc32)C1. The molecule has 0 spiro atoms. The lowest BCUT2D eigenvalue weighted by Gasteiger charge is -2.17. The van der Waals surface area contributed by atoms with Crippen LogP contribution in [0.1, 0.15) is 19.3 Å². The minimum absolute atomic E-state index is 0.288. The van der Waals surface area contributed by atoms with Crippen LogP contribution in [-0.4, -0.2) is 43.4 Å². The highest BCUT2D eigenvalue weighted by atomic mass is 16.2. The van der Waals surface area contributed by atoms with E-state index in [0.717, 1.165) is 67.0 Å². The van der Waals surface area contributed by atoms with Gasteiger partial charge in [-0.2, -0.15) is 0 Å². The van der Waals surface area contributed by atoms with Crippen LogP contribution in [0.5, 0.6) is 0 Å². The number of aromatic amines is 1. The monoisotopic (exact) mass is 461 g/mol. The van der Waals surface area contributed by atoms with Crippen molar-refractivity contribution in [2.45, 2.75) is 25.8 Å². The summed E-state index contributed by atoms with van der Waals surface area (Å²) in [5.41, 5.74) is 6.41. The molecule has 1 N–H and O–H groups in total. The summed E-state index contributed by atoms with van der Waals surface area (Å²) in [5, 5.41) is 1.22. The Morgan fingerprint density at radius 1 is 0.971 bits per heavy atom. The summed E-state index contributed by atoms with van der Waals surface area (Å²) < 4.78 is 2.26. The van der Waals surface area contributed by atoms with Gasteiger partial charge >= 0.3 is 0 Å². The molecule has 35 heavy (non-hydrogen) atoms. The summed E-state index contributed by atoms with van der Waals surface area (Å²) >= 11 is 0. The molecule has 174 valence electrons. The number of hydrogen-bond donors (Lipinski definition) is 1. The minimum Gasteiger partial charge on any atom is -0.361 e.